The number of carbonyl (C=O) groups is 5. The number of nitrogens with zero attached hydrogens (tertiary/aromatic N) is 1. The van der Waals surface area contributed by atoms with Crippen LogP contribution in [-0.4, -0.2) is 65.2 Å². The van der Waals surface area contributed by atoms with Crippen molar-refractivity contribution in [2.45, 2.75) is 84.8 Å². The fourth-order valence-corrected chi connectivity index (χ4v) is 7.88. The van der Waals surface area contributed by atoms with Gasteiger partial charge in [0.2, 0.25) is 11.8 Å². The number of imide groups is 2. The van der Waals surface area contributed by atoms with Gasteiger partial charge in [0.15, 0.2) is 0 Å². The normalized spacial score (nSPS) is 40.7. The van der Waals surface area contributed by atoms with Crippen LogP contribution in [0.1, 0.15) is 72.6 Å². The minimum absolute atomic E-state index is 0.0551. The number of likely N-dealkylation sites (tertiary alicyclic amines) is 1. The van der Waals surface area contributed by atoms with Crippen LogP contribution in [0.5, 0.6) is 0 Å². The molecule has 3 aliphatic carbocycles. The lowest BCUT2D eigenvalue weighted by molar-refractivity contribution is -0.191. The Morgan fingerprint density at radius 2 is 1.76 bits per heavy atom. The lowest BCUT2D eigenvalue weighted by atomic mass is 9.44. The molecule has 38 heavy (non-hydrogen) atoms. The van der Waals surface area contributed by atoms with Crippen molar-refractivity contribution < 1.29 is 38.6 Å². The second-order valence-electron chi connectivity index (χ2n) is 12.2. The highest BCUT2D eigenvalue weighted by Crippen LogP contribution is 2.67. The van der Waals surface area contributed by atoms with Crippen molar-refractivity contribution in [3.05, 3.63) is 12.7 Å². The van der Waals surface area contributed by atoms with Gasteiger partial charge in [0.25, 0.3) is 0 Å². The minimum atomic E-state index is -1.06. The third kappa shape index (κ3) is 4.44. The molecule has 1 aliphatic heterocycles. The van der Waals surface area contributed by atoms with Gasteiger partial charge in [0, 0.05) is 36.0 Å². The fourth-order valence-electron chi connectivity index (χ4n) is 7.88. The maximum atomic E-state index is 13.4. The first-order valence-corrected chi connectivity index (χ1v) is 13.6. The summed E-state index contributed by atoms with van der Waals surface area (Å²) in [6.07, 6.45) is 1.35. The number of carbonyl (C=O) groups excluding carboxylic acids is 5. The van der Waals surface area contributed by atoms with Crippen molar-refractivity contribution in [3.63, 3.8) is 0 Å². The van der Waals surface area contributed by atoms with Crippen LogP contribution in [0, 0.1) is 34.0 Å². The van der Waals surface area contributed by atoms with Gasteiger partial charge in [-0.25, -0.2) is 14.9 Å². The molecular formula is C28H40N2O8. The number of hydrogen-bond donors (Lipinski definition) is 2. The van der Waals surface area contributed by atoms with Gasteiger partial charge >= 0.3 is 12.2 Å². The Kier molecular flexibility index (Phi) is 7.51. The average molecular weight is 533 g/mol. The van der Waals surface area contributed by atoms with E-state index in [-0.39, 0.29) is 67.8 Å². The Balaban J connectivity index is 1.52. The molecule has 1 unspecified atom stereocenters. The number of aliphatic hydroxyl groups excluding tert-OH is 1. The number of ketones is 1. The molecule has 10 nitrogen and oxygen atoms in total. The molecule has 8 atom stereocenters. The summed E-state index contributed by atoms with van der Waals surface area (Å²) < 4.78 is 10.9. The molecule has 2 bridgehead atoms. The zero-order valence-corrected chi connectivity index (χ0v) is 22.8. The lowest BCUT2D eigenvalue weighted by Gasteiger charge is -2.61. The summed E-state index contributed by atoms with van der Waals surface area (Å²) in [6, 6.07) is 0. The van der Waals surface area contributed by atoms with Crippen molar-refractivity contribution in [1.82, 2.24) is 10.2 Å². The highest BCUT2D eigenvalue weighted by Gasteiger charge is 2.68. The number of aliphatic hydroxyl groups is 1. The van der Waals surface area contributed by atoms with E-state index in [4.69, 9.17) is 9.47 Å². The predicted octanol–water partition coefficient (Wildman–Crippen LogP) is 3.36. The SMILES string of the molecule is C=C[C@]1(C)C[C@@H](OC(=O)NC(=O)OCCN2C(=O)CCC2=O)[C@@]2(C)C(C)CC[C@]3(CCC(=O)[C@H]32)[C@@H](C)[C@@H]1O. The van der Waals surface area contributed by atoms with E-state index >= 15 is 0 Å². The molecule has 10 heteroatoms. The number of Topliss-reactive ketones (excluding diaryl/α,β-unsaturated/α-hetero) is 1. The van der Waals surface area contributed by atoms with E-state index in [2.05, 4.69) is 18.8 Å². The Hall–Kier alpha value is -2.75. The van der Waals surface area contributed by atoms with Gasteiger partial charge in [-0.1, -0.05) is 33.8 Å². The fraction of sp³-hybridized carbons (Fsp3) is 0.750. The van der Waals surface area contributed by atoms with Gasteiger partial charge < -0.3 is 14.6 Å². The van der Waals surface area contributed by atoms with Crippen molar-refractivity contribution in [2.75, 3.05) is 13.2 Å². The largest absolute Gasteiger partial charge is 0.447 e. The molecule has 4 aliphatic rings. The maximum Gasteiger partial charge on any atom is 0.416 e. The highest BCUT2D eigenvalue weighted by atomic mass is 16.6. The van der Waals surface area contributed by atoms with E-state index < -0.39 is 40.6 Å². The third-order valence-electron chi connectivity index (χ3n) is 10.5. The zero-order chi connectivity index (χ0) is 28.0. The van der Waals surface area contributed by atoms with Crippen LogP contribution in [0.2, 0.25) is 0 Å². The van der Waals surface area contributed by atoms with Gasteiger partial charge in [0.1, 0.15) is 18.5 Å². The summed E-state index contributed by atoms with van der Waals surface area (Å²) in [6.45, 7) is 11.6. The molecule has 0 radical (unpaired) electrons. The van der Waals surface area contributed by atoms with E-state index in [0.717, 1.165) is 17.7 Å². The van der Waals surface area contributed by atoms with E-state index in [9.17, 15) is 29.1 Å². The van der Waals surface area contributed by atoms with Crippen LogP contribution >= 0.6 is 0 Å². The van der Waals surface area contributed by atoms with Crippen molar-refractivity contribution in [1.29, 1.82) is 0 Å². The quantitative estimate of drug-likeness (QED) is 0.406. The van der Waals surface area contributed by atoms with Gasteiger partial charge in [-0.05, 0) is 42.9 Å². The minimum Gasteiger partial charge on any atom is -0.447 e. The first-order chi connectivity index (χ1) is 17.8. The van der Waals surface area contributed by atoms with Crippen molar-refractivity contribution >= 4 is 29.8 Å². The number of amides is 4. The van der Waals surface area contributed by atoms with E-state index in [1.54, 1.807) is 6.08 Å². The molecule has 4 fully saturated rings. The molecule has 4 rings (SSSR count). The van der Waals surface area contributed by atoms with Crippen LogP contribution < -0.4 is 5.32 Å². The number of hydrogen-bond acceptors (Lipinski definition) is 8. The zero-order valence-electron chi connectivity index (χ0n) is 22.8. The molecule has 3 saturated carbocycles. The Morgan fingerprint density at radius 1 is 1.11 bits per heavy atom. The van der Waals surface area contributed by atoms with Crippen LogP contribution in [-0.2, 0) is 23.9 Å². The summed E-state index contributed by atoms with van der Waals surface area (Å²) in [4.78, 5) is 63.1. The van der Waals surface area contributed by atoms with Crippen LogP contribution in [0.25, 0.3) is 0 Å². The van der Waals surface area contributed by atoms with E-state index in [1.165, 1.54) is 0 Å². The number of rotatable bonds is 5. The first kappa shape index (κ1) is 28.3. The first-order valence-electron chi connectivity index (χ1n) is 13.6. The van der Waals surface area contributed by atoms with Crippen LogP contribution in [0.3, 0.4) is 0 Å². The van der Waals surface area contributed by atoms with E-state index in [0.29, 0.717) is 12.8 Å². The molecule has 0 aromatic carbocycles. The second-order valence-corrected chi connectivity index (χ2v) is 12.2. The lowest BCUT2D eigenvalue weighted by Crippen LogP contribution is -2.63. The molecule has 1 heterocycles. The van der Waals surface area contributed by atoms with Crippen LogP contribution in [0.15, 0.2) is 12.7 Å². The summed E-state index contributed by atoms with van der Waals surface area (Å²) in [5.74, 6) is -0.973. The molecule has 210 valence electrons. The maximum absolute atomic E-state index is 13.4. The van der Waals surface area contributed by atoms with Crippen molar-refractivity contribution in [2.24, 2.45) is 34.0 Å². The summed E-state index contributed by atoms with van der Waals surface area (Å²) in [5, 5.41) is 13.6. The smallest absolute Gasteiger partial charge is 0.416 e. The molecular weight excluding hydrogens is 492 g/mol. The molecule has 0 aromatic heterocycles. The summed E-state index contributed by atoms with van der Waals surface area (Å²) in [7, 11) is 0. The number of nitrogens with one attached hydrogen (secondary N) is 1. The summed E-state index contributed by atoms with van der Waals surface area (Å²) in [5.41, 5.74) is -1.90. The highest BCUT2D eigenvalue weighted by molar-refractivity contribution is 6.01. The molecule has 0 spiro atoms. The van der Waals surface area contributed by atoms with Gasteiger partial charge in [-0.15, -0.1) is 6.58 Å². The molecule has 1 saturated heterocycles. The van der Waals surface area contributed by atoms with Gasteiger partial charge in [-0.3, -0.25) is 19.3 Å². The number of ether oxygens (including phenoxy) is 2. The standard InChI is InChI=1S/C28H40N2O8/c1-6-26(4)15-19(38-25(36)29-24(35)37-14-13-30-20(32)7-8-21(30)33)27(5)16(2)9-11-28(17(3)23(26)34)12-10-18(31)22(27)28/h6,16-17,19,22-23,34H,1,7-15H2,2-5H3,(H,29,35,36)/t16?,17-,19+,22-,23-,26+,27+,28-/m0/s1. The van der Waals surface area contributed by atoms with Gasteiger partial charge in [0.05, 0.1) is 12.6 Å². The van der Waals surface area contributed by atoms with Crippen molar-refractivity contribution in [3.8, 4) is 0 Å². The van der Waals surface area contributed by atoms with Crippen LogP contribution in [0.4, 0.5) is 9.59 Å². The number of alkyl carbamates (subject to hydrolysis) is 2. The van der Waals surface area contributed by atoms with Gasteiger partial charge in [-0.2, -0.15) is 0 Å². The Bertz CT molecular complexity index is 1030. The molecule has 0 aromatic rings. The summed E-state index contributed by atoms with van der Waals surface area (Å²) >= 11 is 0. The molecule has 4 amide bonds. The Labute approximate surface area is 223 Å². The third-order valence-corrected chi connectivity index (χ3v) is 10.5. The Morgan fingerprint density at radius 3 is 2.39 bits per heavy atom. The predicted molar refractivity (Wildman–Crippen MR) is 135 cm³/mol. The monoisotopic (exact) mass is 532 g/mol. The topological polar surface area (TPSA) is 139 Å². The molecule has 2 N–H and O–H groups in total. The average Bonchev–Trinajstić information content (AvgIpc) is 3.39. The van der Waals surface area contributed by atoms with E-state index in [1.807, 2.05) is 20.8 Å². The second kappa shape index (κ2) is 10.1.